The van der Waals surface area contributed by atoms with Gasteiger partial charge in [-0.15, -0.1) is 0 Å². The Morgan fingerprint density at radius 1 is 0.272 bits per heavy atom. The number of phosphoric acid groups is 2. The van der Waals surface area contributed by atoms with E-state index in [1.165, 1.54) is 161 Å². The summed E-state index contributed by atoms with van der Waals surface area (Å²) in [5, 5.41) is 10.6. The molecule has 0 aliphatic heterocycles. The molecular weight excluding hydrogens is 1210 g/mol. The predicted octanol–water partition coefficient (Wildman–Crippen LogP) is 20.9. The van der Waals surface area contributed by atoms with E-state index in [0.29, 0.717) is 31.6 Å². The van der Waals surface area contributed by atoms with E-state index >= 15 is 0 Å². The summed E-state index contributed by atoms with van der Waals surface area (Å²) in [7, 11) is -9.91. The Hall–Kier alpha value is -1.94. The maximum absolute atomic E-state index is 13.0. The molecule has 0 aromatic carbocycles. The van der Waals surface area contributed by atoms with E-state index in [4.69, 9.17) is 37.0 Å². The van der Waals surface area contributed by atoms with Gasteiger partial charge < -0.3 is 33.8 Å². The molecule has 19 heteroatoms. The molecule has 3 N–H and O–H groups in total. The second-order valence-electron chi connectivity index (χ2n) is 28.2. The van der Waals surface area contributed by atoms with Crippen LogP contribution in [0.15, 0.2) is 0 Å². The molecule has 0 aliphatic rings. The van der Waals surface area contributed by atoms with Crippen molar-refractivity contribution < 1.29 is 80.2 Å². The fraction of sp³-hybridized carbons (Fsp3) is 0.945. The number of carbonyl (C=O) groups is 4. The van der Waals surface area contributed by atoms with Crippen molar-refractivity contribution in [2.45, 2.75) is 382 Å². The molecule has 17 nitrogen and oxygen atoms in total. The third-order valence-corrected chi connectivity index (χ3v) is 18.7. The standard InChI is InChI=1S/C73H142O17P2/c1-63(2)49-41-33-25-19-15-13-11-9-10-12-14-16-21-29-39-47-55-72(77)90-69(60-84-71(76)54-46-38-32-31-36-44-52-66(7)8)62-88-92(81,82)86-58-67(74)57-85-91(79,80)87-61-68(59-83-70(75)53-45-37-28-24-23-27-35-43-51-65(5)6)89-73(78)56-48-40-30-22-18-17-20-26-34-42-50-64(3)4/h63-69,74H,9-62H2,1-8H3,(H,79,80)(H,81,82)/t67?,68-,69-/m1/s1. The fourth-order valence-corrected chi connectivity index (χ4v) is 12.6. The van der Waals surface area contributed by atoms with E-state index < -0.39 is 97.5 Å². The molecule has 0 saturated carbocycles. The van der Waals surface area contributed by atoms with E-state index in [1.54, 1.807) is 0 Å². The van der Waals surface area contributed by atoms with Crippen LogP contribution in [-0.2, 0) is 65.4 Å². The van der Waals surface area contributed by atoms with Crippen molar-refractivity contribution in [3.8, 4) is 0 Å². The number of unbranched alkanes of at least 4 members (excludes halogenated alkanes) is 36. The van der Waals surface area contributed by atoms with E-state index in [2.05, 4.69) is 55.4 Å². The van der Waals surface area contributed by atoms with E-state index in [1.807, 2.05) is 0 Å². The highest BCUT2D eigenvalue weighted by atomic mass is 31.2. The summed E-state index contributed by atoms with van der Waals surface area (Å²) in [6, 6.07) is 0. The summed E-state index contributed by atoms with van der Waals surface area (Å²) in [5.74, 6) is 0.839. The Bertz CT molecular complexity index is 1820. The van der Waals surface area contributed by atoms with Gasteiger partial charge in [-0.25, -0.2) is 9.13 Å². The van der Waals surface area contributed by atoms with E-state index in [-0.39, 0.29) is 25.7 Å². The van der Waals surface area contributed by atoms with Gasteiger partial charge in [0.1, 0.15) is 19.3 Å². The molecule has 0 aliphatic carbocycles. The summed E-state index contributed by atoms with van der Waals surface area (Å²) in [6.07, 6.45) is 46.1. The second kappa shape index (κ2) is 62.6. The Morgan fingerprint density at radius 3 is 0.674 bits per heavy atom. The van der Waals surface area contributed by atoms with Crippen LogP contribution in [0, 0.1) is 23.7 Å². The first-order valence-corrected chi connectivity index (χ1v) is 40.7. The molecule has 546 valence electrons. The third-order valence-electron chi connectivity index (χ3n) is 16.8. The average Bonchev–Trinajstić information content (AvgIpc) is 3.72. The van der Waals surface area contributed by atoms with Gasteiger partial charge in [-0.3, -0.25) is 37.3 Å². The quantitative estimate of drug-likeness (QED) is 0.0222. The van der Waals surface area contributed by atoms with Crippen molar-refractivity contribution in [1.82, 2.24) is 0 Å². The zero-order chi connectivity index (χ0) is 68.2. The van der Waals surface area contributed by atoms with Crippen molar-refractivity contribution >= 4 is 39.5 Å². The Labute approximate surface area is 562 Å². The molecule has 0 aromatic rings. The van der Waals surface area contributed by atoms with Gasteiger partial charge in [0.2, 0.25) is 0 Å². The van der Waals surface area contributed by atoms with Crippen molar-refractivity contribution in [2.75, 3.05) is 39.6 Å². The zero-order valence-electron chi connectivity index (χ0n) is 60.2. The lowest BCUT2D eigenvalue weighted by Gasteiger charge is -2.21. The van der Waals surface area contributed by atoms with E-state index in [0.717, 1.165) is 114 Å². The number of hydrogen-bond donors (Lipinski definition) is 3. The number of ether oxygens (including phenoxy) is 4. The van der Waals surface area contributed by atoms with Gasteiger partial charge in [0, 0.05) is 25.7 Å². The van der Waals surface area contributed by atoms with Crippen molar-refractivity contribution in [2.24, 2.45) is 23.7 Å². The SMILES string of the molecule is CC(C)CCCCCCCCCCCCCCCCCCC(=O)O[C@H](COC(=O)CCCCCCCCC(C)C)COP(=O)(O)OCC(O)COP(=O)(O)OC[C@@H](COC(=O)CCCCCCCCCCC(C)C)OC(=O)CCCCCCCCCCCCC(C)C. The van der Waals surface area contributed by atoms with Crippen LogP contribution in [0.25, 0.3) is 0 Å². The molecule has 92 heavy (non-hydrogen) atoms. The van der Waals surface area contributed by atoms with Gasteiger partial charge in [0.25, 0.3) is 0 Å². The molecule has 0 saturated heterocycles. The minimum Gasteiger partial charge on any atom is -0.462 e. The van der Waals surface area contributed by atoms with Gasteiger partial charge in [0.05, 0.1) is 26.4 Å². The molecular formula is C73H142O17P2. The Balaban J connectivity index is 5.20. The molecule has 0 fully saturated rings. The summed E-state index contributed by atoms with van der Waals surface area (Å²) >= 11 is 0. The van der Waals surface area contributed by atoms with Crippen LogP contribution in [-0.4, -0.2) is 96.7 Å². The number of rotatable bonds is 70. The molecule has 0 heterocycles. The minimum atomic E-state index is -4.95. The maximum Gasteiger partial charge on any atom is 0.472 e. The van der Waals surface area contributed by atoms with Gasteiger partial charge in [-0.2, -0.15) is 0 Å². The number of hydrogen-bond acceptors (Lipinski definition) is 15. The number of phosphoric ester groups is 2. The molecule has 3 unspecified atom stereocenters. The monoisotopic (exact) mass is 1350 g/mol. The fourth-order valence-electron chi connectivity index (χ4n) is 11.0. The highest BCUT2D eigenvalue weighted by molar-refractivity contribution is 7.47. The topological polar surface area (TPSA) is 237 Å². The van der Waals surface area contributed by atoms with Crippen molar-refractivity contribution in [3.63, 3.8) is 0 Å². The molecule has 0 radical (unpaired) electrons. The average molecular weight is 1350 g/mol. The molecule has 0 aromatic heterocycles. The molecule has 0 amide bonds. The largest absolute Gasteiger partial charge is 0.472 e. The molecule has 0 spiro atoms. The second-order valence-corrected chi connectivity index (χ2v) is 31.1. The van der Waals surface area contributed by atoms with Crippen molar-refractivity contribution in [1.29, 1.82) is 0 Å². The lowest BCUT2D eigenvalue weighted by atomic mass is 10.0. The number of carbonyl (C=O) groups excluding carboxylic acids is 4. The first-order valence-electron chi connectivity index (χ1n) is 37.7. The lowest BCUT2D eigenvalue weighted by molar-refractivity contribution is -0.161. The van der Waals surface area contributed by atoms with Crippen molar-refractivity contribution in [3.05, 3.63) is 0 Å². The molecule has 5 atom stereocenters. The summed E-state index contributed by atoms with van der Waals surface area (Å²) in [6.45, 7) is 14.1. The normalized spacial score (nSPS) is 14.2. The summed E-state index contributed by atoms with van der Waals surface area (Å²) < 4.78 is 68.3. The van der Waals surface area contributed by atoms with Crippen LogP contribution in [0.1, 0.15) is 364 Å². The molecule has 0 bridgehead atoms. The Morgan fingerprint density at radius 2 is 0.457 bits per heavy atom. The van der Waals surface area contributed by atoms with Gasteiger partial charge in [-0.1, -0.05) is 312 Å². The smallest absolute Gasteiger partial charge is 0.462 e. The van der Waals surface area contributed by atoms with Crippen LogP contribution < -0.4 is 0 Å². The highest BCUT2D eigenvalue weighted by Gasteiger charge is 2.30. The first-order chi connectivity index (χ1) is 44.1. The van der Waals surface area contributed by atoms with Crippen LogP contribution in [0.4, 0.5) is 0 Å². The molecule has 0 rings (SSSR count). The van der Waals surface area contributed by atoms with Crippen LogP contribution in [0.2, 0.25) is 0 Å². The Kier molecular flexibility index (Phi) is 61.3. The van der Waals surface area contributed by atoms with Crippen LogP contribution in [0.5, 0.6) is 0 Å². The number of esters is 4. The lowest BCUT2D eigenvalue weighted by Crippen LogP contribution is -2.30. The third kappa shape index (κ3) is 66.7. The van der Waals surface area contributed by atoms with E-state index in [9.17, 15) is 43.2 Å². The van der Waals surface area contributed by atoms with Crippen LogP contribution in [0.3, 0.4) is 0 Å². The maximum atomic E-state index is 13.0. The summed E-state index contributed by atoms with van der Waals surface area (Å²) in [4.78, 5) is 72.6. The zero-order valence-corrected chi connectivity index (χ0v) is 62.0. The number of aliphatic hydroxyl groups excluding tert-OH is 1. The van der Waals surface area contributed by atoms with Gasteiger partial charge in [0.15, 0.2) is 12.2 Å². The van der Waals surface area contributed by atoms with Gasteiger partial charge >= 0.3 is 39.5 Å². The number of aliphatic hydroxyl groups is 1. The predicted molar refractivity (Wildman–Crippen MR) is 372 cm³/mol. The first kappa shape index (κ1) is 90.1. The minimum absolute atomic E-state index is 0.105. The summed E-state index contributed by atoms with van der Waals surface area (Å²) in [5.41, 5.74) is 0. The highest BCUT2D eigenvalue weighted by Crippen LogP contribution is 2.45. The van der Waals surface area contributed by atoms with Crippen LogP contribution >= 0.6 is 15.6 Å². The van der Waals surface area contributed by atoms with Gasteiger partial charge in [-0.05, 0) is 49.4 Å².